The number of aliphatic hydroxyl groups is 1. The Kier molecular flexibility index (Phi) is 18.2. The summed E-state index contributed by atoms with van der Waals surface area (Å²) in [5, 5.41) is 29.3. The number of hydrogen-bond donors (Lipinski definition) is 5. The molecule has 6 rings (SSSR count). The highest BCUT2D eigenvalue weighted by Gasteiger charge is 2.44. The van der Waals surface area contributed by atoms with E-state index in [9.17, 15) is 29.4 Å². The Morgan fingerprint density at radius 2 is 1.49 bits per heavy atom. The van der Waals surface area contributed by atoms with E-state index in [2.05, 4.69) is 33.1 Å². The third-order valence-electron chi connectivity index (χ3n) is 11.8. The fraction of sp³-hybridized carbons (Fsp3) is 0.377. The van der Waals surface area contributed by atoms with Gasteiger partial charge in [0.25, 0.3) is 0 Å². The van der Waals surface area contributed by atoms with Crippen LogP contribution in [0.4, 0.5) is 0 Å². The van der Waals surface area contributed by atoms with Crippen LogP contribution in [0.25, 0.3) is 21.6 Å². The molecule has 1 aromatic heterocycles. The number of likely N-dealkylation sites (tertiary alicyclic amines) is 1. The number of alkyl halides is 1. The number of rotatable bonds is 21. The minimum Gasteiger partial charge on any atom is -0.508 e. The Hall–Kier alpha value is -6.02. The number of β-amino-alcohol motifs (C(OH)–C–C–N with tert-alkyl or cyclic N) is 1. The molecule has 0 saturated carbocycles. The number of benzene rings is 4. The van der Waals surface area contributed by atoms with Crippen LogP contribution in [-0.4, -0.2) is 87.5 Å². The van der Waals surface area contributed by atoms with Gasteiger partial charge < -0.3 is 35.8 Å². The van der Waals surface area contributed by atoms with Crippen molar-refractivity contribution >= 4 is 57.7 Å². The number of carbonyl (C=O) groups is 4. The molecule has 0 bridgehead atoms. The number of aromatic hydroxyl groups is 1. The normalized spacial score (nSPS) is 15.6. The van der Waals surface area contributed by atoms with Gasteiger partial charge in [-0.2, -0.15) is 0 Å². The smallest absolute Gasteiger partial charge is 0.246 e. The van der Waals surface area contributed by atoms with E-state index in [1.54, 1.807) is 23.5 Å². The van der Waals surface area contributed by atoms with Gasteiger partial charge in [-0.25, -0.2) is 4.98 Å². The highest BCUT2D eigenvalue weighted by atomic mass is 35.5. The van der Waals surface area contributed by atoms with Crippen LogP contribution in [0.2, 0.25) is 0 Å². The Bertz CT molecular complexity index is 2450. The van der Waals surface area contributed by atoms with Crippen molar-refractivity contribution in [1.82, 2.24) is 25.8 Å². The van der Waals surface area contributed by atoms with Gasteiger partial charge in [0.1, 0.15) is 30.2 Å². The number of phenolic OH excluding ortho intramolecular Hbond substituents is 1. The number of halogens is 1. The summed E-state index contributed by atoms with van der Waals surface area (Å²) in [5.74, 6) is 0.130. The van der Waals surface area contributed by atoms with Crippen LogP contribution in [0.5, 0.6) is 11.5 Å². The molecule has 2 heterocycles. The lowest BCUT2D eigenvalue weighted by Gasteiger charge is -2.35. The van der Waals surface area contributed by atoms with Gasteiger partial charge >= 0.3 is 0 Å². The maximum absolute atomic E-state index is 14.0. The molecule has 3 atom stereocenters. The summed E-state index contributed by atoms with van der Waals surface area (Å²) in [7, 11) is 0. The number of aliphatic hydroxyl groups excluding tert-OH is 1. The first-order valence-corrected chi connectivity index (χ1v) is 24.3. The average molecular weight is 949 g/mol. The number of carbonyl (C=O) groups excluding carboxylic acids is 4. The molecule has 1 saturated heterocycles. The van der Waals surface area contributed by atoms with Crippen LogP contribution >= 0.6 is 22.9 Å². The summed E-state index contributed by atoms with van der Waals surface area (Å²) in [6.45, 7) is 8.41. The van der Waals surface area contributed by atoms with E-state index in [-0.39, 0.29) is 56.0 Å². The maximum Gasteiger partial charge on any atom is 0.246 e. The molecule has 5 aromatic rings. The summed E-state index contributed by atoms with van der Waals surface area (Å²) in [6, 6.07) is 31.2. The van der Waals surface area contributed by atoms with Crippen LogP contribution in [0, 0.1) is 12.3 Å². The maximum atomic E-state index is 14.0. The van der Waals surface area contributed by atoms with Crippen LogP contribution < -0.4 is 20.7 Å². The Morgan fingerprint density at radius 3 is 2.12 bits per heavy atom. The van der Waals surface area contributed by atoms with E-state index < -0.39 is 29.5 Å². The molecular weight excluding hydrogens is 886 g/mol. The molecule has 1 aliphatic heterocycles. The topological polar surface area (TPSA) is 170 Å². The molecule has 0 spiro atoms. The molecule has 1 aliphatic rings. The monoisotopic (exact) mass is 947 g/mol. The lowest BCUT2D eigenvalue weighted by Crippen LogP contribution is -2.57. The molecular formula is C53H62ClN5O7S. The Labute approximate surface area is 402 Å². The zero-order chi connectivity index (χ0) is 47.9. The predicted molar refractivity (Wildman–Crippen MR) is 265 cm³/mol. The molecule has 0 radical (unpaired) electrons. The first-order chi connectivity index (χ1) is 32.2. The van der Waals surface area contributed by atoms with Crippen molar-refractivity contribution in [3.05, 3.63) is 137 Å². The summed E-state index contributed by atoms with van der Waals surface area (Å²) in [6.07, 6.45) is 2.14. The quantitative estimate of drug-likeness (QED) is 0.0277. The van der Waals surface area contributed by atoms with E-state index in [0.29, 0.717) is 50.3 Å². The van der Waals surface area contributed by atoms with Crippen molar-refractivity contribution in [2.45, 2.75) is 97.4 Å². The minimum absolute atomic E-state index is 0.00277. The van der Waals surface area contributed by atoms with Gasteiger partial charge in [0.05, 0.1) is 28.7 Å². The second-order valence-electron chi connectivity index (χ2n) is 17.9. The third kappa shape index (κ3) is 14.2. The number of amides is 4. The number of allylic oxidation sites excluding steroid dienone is 1. The molecule has 1 fully saturated rings. The van der Waals surface area contributed by atoms with Gasteiger partial charge in [0.2, 0.25) is 23.6 Å². The fourth-order valence-corrected chi connectivity index (χ4v) is 9.22. The van der Waals surface area contributed by atoms with Crippen molar-refractivity contribution in [3.63, 3.8) is 0 Å². The SMILES string of the molecule is Cc1ncsc1-c1ccc(CNC(=O)[C@@H]2C[C@@H](O)CN2C(=O)[C@@H](NC(=O)CCCCCC(=O)NCCOc2ccc(C(=C(CCCl)c3ccccc3)c3ccc(O)cc3)cc2)C(C)(C)C)cc1. The third-order valence-corrected chi connectivity index (χ3v) is 12.9. The van der Waals surface area contributed by atoms with Gasteiger partial charge in [-0.15, -0.1) is 22.9 Å². The van der Waals surface area contributed by atoms with Gasteiger partial charge in [0, 0.05) is 38.2 Å². The highest BCUT2D eigenvalue weighted by Crippen LogP contribution is 2.36. The number of ether oxygens (including phenoxy) is 1. The fourth-order valence-electron chi connectivity index (χ4n) is 8.22. The first kappa shape index (κ1) is 50.4. The number of thiazole rings is 1. The van der Waals surface area contributed by atoms with E-state index in [0.717, 1.165) is 49.5 Å². The molecule has 67 heavy (non-hydrogen) atoms. The highest BCUT2D eigenvalue weighted by molar-refractivity contribution is 7.13. The number of nitrogens with one attached hydrogen (secondary N) is 3. The minimum atomic E-state index is -0.914. The summed E-state index contributed by atoms with van der Waals surface area (Å²) in [4.78, 5) is 60.1. The van der Waals surface area contributed by atoms with Gasteiger partial charge in [-0.3, -0.25) is 19.2 Å². The van der Waals surface area contributed by atoms with E-state index >= 15 is 0 Å². The van der Waals surface area contributed by atoms with Crippen molar-refractivity contribution in [2.24, 2.45) is 5.41 Å². The second-order valence-corrected chi connectivity index (χ2v) is 19.2. The molecule has 12 nitrogen and oxygen atoms in total. The molecule has 14 heteroatoms. The Balaban J connectivity index is 0.913. The van der Waals surface area contributed by atoms with Crippen LogP contribution in [0.1, 0.15) is 93.7 Å². The van der Waals surface area contributed by atoms with E-state index in [4.69, 9.17) is 16.3 Å². The lowest BCUT2D eigenvalue weighted by atomic mass is 9.85. The molecule has 4 amide bonds. The van der Waals surface area contributed by atoms with Crippen LogP contribution in [0.15, 0.2) is 109 Å². The molecule has 4 aromatic carbocycles. The number of aryl methyl sites for hydroxylation is 1. The van der Waals surface area contributed by atoms with Crippen molar-refractivity contribution in [1.29, 1.82) is 0 Å². The molecule has 0 unspecified atom stereocenters. The van der Waals surface area contributed by atoms with Gasteiger partial charge in [-0.05, 0) is 94.8 Å². The number of hydrogen-bond acceptors (Lipinski definition) is 9. The van der Waals surface area contributed by atoms with Crippen molar-refractivity contribution < 1.29 is 34.1 Å². The lowest BCUT2D eigenvalue weighted by molar-refractivity contribution is -0.144. The standard InChI is InChI=1S/C53H62ClN5O7S/c1-35-49(67-34-57-35)40-17-15-36(16-18-40)32-56-51(64)45-31-42(61)33-59(45)52(65)50(53(2,3)4)58-47(63)14-10-6-9-13-46(62)55-29-30-66-43-25-21-39(22-26-43)48(38-19-23-41(60)24-20-38)44(27-28-54)37-11-7-5-8-12-37/h5,7-8,11-12,15-26,34,42,45,50,60-61H,6,9-10,13-14,27-33H2,1-4H3,(H,55,62)(H,56,64)(H,58,63)/t42-,45+,50-/m1/s1. The number of phenols is 1. The van der Waals surface area contributed by atoms with E-state index in [1.165, 1.54) is 4.90 Å². The first-order valence-electron chi connectivity index (χ1n) is 22.9. The molecule has 0 aliphatic carbocycles. The zero-order valence-electron chi connectivity index (χ0n) is 38.7. The van der Waals surface area contributed by atoms with Gasteiger partial charge in [0.15, 0.2) is 0 Å². The van der Waals surface area contributed by atoms with Crippen molar-refractivity contribution in [2.75, 3.05) is 25.6 Å². The second kappa shape index (κ2) is 24.1. The largest absolute Gasteiger partial charge is 0.508 e. The summed E-state index contributed by atoms with van der Waals surface area (Å²) < 4.78 is 5.96. The number of unbranched alkanes of at least 4 members (excludes halogenated alkanes) is 2. The summed E-state index contributed by atoms with van der Waals surface area (Å²) in [5.41, 5.74) is 9.17. The Morgan fingerprint density at radius 1 is 0.836 bits per heavy atom. The van der Waals surface area contributed by atoms with Crippen molar-refractivity contribution in [3.8, 4) is 21.9 Å². The number of aromatic nitrogens is 1. The summed E-state index contributed by atoms with van der Waals surface area (Å²) >= 11 is 7.87. The zero-order valence-corrected chi connectivity index (χ0v) is 40.3. The number of nitrogens with zero attached hydrogens (tertiary/aromatic N) is 2. The average Bonchev–Trinajstić information content (AvgIpc) is 3.94. The predicted octanol–water partition coefficient (Wildman–Crippen LogP) is 8.67. The molecule has 5 N–H and O–H groups in total. The van der Waals surface area contributed by atoms with Crippen LogP contribution in [-0.2, 0) is 25.7 Å². The van der Waals surface area contributed by atoms with Crippen LogP contribution in [0.3, 0.4) is 0 Å². The van der Waals surface area contributed by atoms with E-state index in [1.807, 2.05) is 112 Å². The molecule has 354 valence electrons. The van der Waals surface area contributed by atoms with Gasteiger partial charge in [-0.1, -0.05) is 106 Å².